The molecule has 4 nitrogen and oxygen atoms in total. The van der Waals surface area contributed by atoms with Crippen LogP contribution in [0, 0.1) is 5.92 Å². The van der Waals surface area contributed by atoms with Crippen LogP contribution in [0.15, 0.2) is 31.7 Å². The first-order valence-corrected chi connectivity index (χ1v) is 7.28. The van der Waals surface area contributed by atoms with Gasteiger partial charge in [-0.05, 0) is 52.9 Å². The molecule has 18 heavy (non-hydrogen) atoms. The highest BCUT2D eigenvalue weighted by Crippen LogP contribution is 2.39. The molecule has 0 saturated heterocycles. The maximum absolute atomic E-state index is 6.05. The second kappa shape index (κ2) is 4.75. The molecule has 0 amide bonds. The van der Waals surface area contributed by atoms with Crippen molar-refractivity contribution in [2.45, 2.75) is 18.9 Å². The Morgan fingerprint density at radius 2 is 2.11 bits per heavy atom. The van der Waals surface area contributed by atoms with Crippen LogP contribution in [0.5, 0.6) is 0 Å². The molecule has 1 atom stereocenters. The van der Waals surface area contributed by atoms with Crippen molar-refractivity contribution in [1.82, 2.24) is 10.1 Å². The van der Waals surface area contributed by atoms with Crippen molar-refractivity contribution < 1.29 is 4.52 Å². The van der Waals surface area contributed by atoms with Gasteiger partial charge >= 0.3 is 0 Å². The Balaban J connectivity index is 1.92. The second-order valence-electron chi connectivity index (χ2n) is 4.45. The molecule has 1 fully saturated rings. The number of nitrogens with zero attached hydrogens (tertiary/aromatic N) is 2. The van der Waals surface area contributed by atoms with E-state index in [2.05, 4.69) is 42.0 Å². The van der Waals surface area contributed by atoms with E-state index in [0.29, 0.717) is 17.6 Å². The monoisotopic (exact) mass is 371 g/mol. The Hall–Kier alpha value is -0.720. The number of benzene rings is 1. The fourth-order valence-electron chi connectivity index (χ4n) is 1.81. The van der Waals surface area contributed by atoms with Gasteiger partial charge in [-0.1, -0.05) is 21.1 Å². The van der Waals surface area contributed by atoms with Crippen LogP contribution in [0.2, 0.25) is 0 Å². The molecule has 3 rings (SSSR count). The normalized spacial score (nSPS) is 16.8. The lowest BCUT2D eigenvalue weighted by molar-refractivity contribution is 0.411. The molecule has 0 aliphatic heterocycles. The van der Waals surface area contributed by atoms with E-state index in [9.17, 15) is 0 Å². The van der Waals surface area contributed by atoms with E-state index >= 15 is 0 Å². The van der Waals surface area contributed by atoms with Crippen LogP contribution in [-0.2, 0) is 0 Å². The maximum atomic E-state index is 6.05. The topological polar surface area (TPSA) is 64.9 Å². The van der Waals surface area contributed by atoms with Crippen molar-refractivity contribution in [3.8, 4) is 11.5 Å². The first-order valence-electron chi connectivity index (χ1n) is 5.70. The Kier molecular flexibility index (Phi) is 3.25. The molecule has 1 aromatic carbocycles. The molecule has 0 spiro atoms. The SMILES string of the molecule is NC(c1noc(-c2ccc(Br)cc2Br)n1)C1CC1. The molecule has 1 heterocycles. The van der Waals surface area contributed by atoms with Gasteiger partial charge in [0, 0.05) is 8.95 Å². The second-order valence-corrected chi connectivity index (χ2v) is 6.22. The van der Waals surface area contributed by atoms with Gasteiger partial charge in [0.1, 0.15) is 0 Å². The van der Waals surface area contributed by atoms with Gasteiger partial charge in [-0.25, -0.2) is 0 Å². The predicted molar refractivity (Wildman–Crippen MR) is 74.8 cm³/mol. The van der Waals surface area contributed by atoms with E-state index < -0.39 is 0 Å². The number of hydrogen-bond donors (Lipinski definition) is 1. The van der Waals surface area contributed by atoms with Gasteiger partial charge in [0.2, 0.25) is 0 Å². The van der Waals surface area contributed by atoms with Crippen molar-refractivity contribution in [2.24, 2.45) is 11.7 Å². The third kappa shape index (κ3) is 2.37. The number of aromatic nitrogens is 2. The number of halogens is 2. The van der Waals surface area contributed by atoms with Crippen LogP contribution >= 0.6 is 31.9 Å². The van der Waals surface area contributed by atoms with E-state index in [1.165, 1.54) is 0 Å². The summed E-state index contributed by atoms with van der Waals surface area (Å²) in [5.74, 6) is 1.62. The van der Waals surface area contributed by atoms with Crippen LogP contribution in [0.4, 0.5) is 0 Å². The summed E-state index contributed by atoms with van der Waals surface area (Å²) in [5, 5.41) is 3.97. The zero-order valence-electron chi connectivity index (χ0n) is 9.44. The highest BCUT2D eigenvalue weighted by molar-refractivity contribution is 9.11. The van der Waals surface area contributed by atoms with E-state index in [-0.39, 0.29) is 6.04 Å². The largest absolute Gasteiger partial charge is 0.334 e. The van der Waals surface area contributed by atoms with Crippen molar-refractivity contribution in [3.63, 3.8) is 0 Å². The summed E-state index contributed by atoms with van der Waals surface area (Å²) < 4.78 is 7.19. The molecule has 1 saturated carbocycles. The molecule has 1 aliphatic rings. The summed E-state index contributed by atoms with van der Waals surface area (Å²) in [4.78, 5) is 4.38. The average Bonchev–Trinajstić information content (AvgIpc) is 3.07. The minimum atomic E-state index is -0.100. The molecule has 0 radical (unpaired) electrons. The Bertz CT molecular complexity index is 580. The minimum absolute atomic E-state index is 0.100. The molecule has 0 bridgehead atoms. The van der Waals surface area contributed by atoms with Crippen molar-refractivity contribution >= 4 is 31.9 Å². The van der Waals surface area contributed by atoms with Gasteiger partial charge in [-0.15, -0.1) is 0 Å². The zero-order chi connectivity index (χ0) is 12.7. The first-order chi connectivity index (χ1) is 8.65. The van der Waals surface area contributed by atoms with Gasteiger partial charge in [0.05, 0.1) is 11.6 Å². The number of nitrogens with two attached hydrogens (primary N) is 1. The summed E-state index contributed by atoms with van der Waals surface area (Å²) in [7, 11) is 0. The smallest absolute Gasteiger partial charge is 0.259 e. The average molecular weight is 373 g/mol. The maximum Gasteiger partial charge on any atom is 0.259 e. The third-order valence-corrected chi connectivity index (χ3v) is 4.18. The summed E-state index contributed by atoms with van der Waals surface area (Å²) in [6.45, 7) is 0. The molecular weight excluding hydrogens is 362 g/mol. The Morgan fingerprint density at radius 3 is 2.78 bits per heavy atom. The van der Waals surface area contributed by atoms with Gasteiger partial charge in [-0.3, -0.25) is 0 Å². The lowest BCUT2D eigenvalue weighted by Crippen LogP contribution is -2.13. The van der Waals surface area contributed by atoms with E-state index in [0.717, 1.165) is 27.4 Å². The van der Waals surface area contributed by atoms with Crippen LogP contribution in [0.3, 0.4) is 0 Å². The predicted octanol–water partition coefficient (Wildman–Crippen LogP) is 3.67. The third-order valence-electron chi connectivity index (χ3n) is 3.03. The van der Waals surface area contributed by atoms with E-state index in [1.54, 1.807) is 0 Å². The Labute approximate surface area is 121 Å². The van der Waals surface area contributed by atoms with Gasteiger partial charge < -0.3 is 10.3 Å². The fraction of sp³-hybridized carbons (Fsp3) is 0.333. The zero-order valence-corrected chi connectivity index (χ0v) is 12.6. The lowest BCUT2D eigenvalue weighted by Gasteiger charge is -2.02. The van der Waals surface area contributed by atoms with Crippen molar-refractivity contribution in [1.29, 1.82) is 0 Å². The lowest BCUT2D eigenvalue weighted by atomic mass is 10.2. The van der Waals surface area contributed by atoms with Crippen LogP contribution < -0.4 is 5.73 Å². The van der Waals surface area contributed by atoms with Gasteiger partial charge in [0.15, 0.2) is 5.82 Å². The standard InChI is InChI=1S/C12H11Br2N3O/c13-7-3-4-8(9(14)5-7)12-16-11(17-18-12)10(15)6-1-2-6/h3-6,10H,1-2,15H2. The molecule has 1 aliphatic carbocycles. The number of hydrogen-bond acceptors (Lipinski definition) is 4. The highest BCUT2D eigenvalue weighted by Gasteiger charge is 2.32. The molecule has 94 valence electrons. The van der Waals surface area contributed by atoms with Crippen LogP contribution in [0.25, 0.3) is 11.5 Å². The summed E-state index contributed by atoms with van der Waals surface area (Å²) in [5.41, 5.74) is 6.92. The highest BCUT2D eigenvalue weighted by atomic mass is 79.9. The molecule has 1 aromatic heterocycles. The van der Waals surface area contributed by atoms with Crippen molar-refractivity contribution in [2.75, 3.05) is 0 Å². The molecule has 2 N–H and O–H groups in total. The van der Waals surface area contributed by atoms with Gasteiger partial charge in [0.25, 0.3) is 5.89 Å². The van der Waals surface area contributed by atoms with Crippen LogP contribution in [0.1, 0.15) is 24.7 Å². The summed E-state index contributed by atoms with van der Waals surface area (Å²) in [6.07, 6.45) is 2.32. The minimum Gasteiger partial charge on any atom is -0.334 e. The molecular formula is C12H11Br2N3O. The van der Waals surface area contributed by atoms with Crippen LogP contribution in [-0.4, -0.2) is 10.1 Å². The molecule has 6 heteroatoms. The Morgan fingerprint density at radius 1 is 1.33 bits per heavy atom. The van der Waals surface area contributed by atoms with Crippen molar-refractivity contribution in [3.05, 3.63) is 33.0 Å². The number of rotatable bonds is 3. The summed E-state index contributed by atoms with van der Waals surface area (Å²) in [6, 6.07) is 5.70. The van der Waals surface area contributed by atoms with E-state index in [1.807, 2.05) is 18.2 Å². The quantitative estimate of drug-likeness (QED) is 0.892. The van der Waals surface area contributed by atoms with Gasteiger partial charge in [-0.2, -0.15) is 4.98 Å². The summed E-state index contributed by atoms with van der Waals surface area (Å²) >= 11 is 6.89. The first kappa shape index (κ1) is 12.3. The molecule has 1 unspecified atom stereocenters. The molecule has 2 aromatic rings. The van der Waals surface area contributed by atoms with E-state index in [4.69, 9.17) is 10.3 Å². The fourth-order valence-corrected chi connectivity index (χ4v) is 3.03.